The minimum absolute atomic E-state index is 0.248. The van der Waals surface area contributed by atoms with Crippen molar-refractivity contribution in [3.63, 3.8) is 0 Å². The quantitative estimate of drug-likeness (QED) is 0.651. The van der Waals surface area contributed by atoms with E-state index in [9.17, 15) is 0 Å². The fraction of sp³-hybridized carbons (Fsp3) is 0.467. The summed E-state index contributed by atoms with van der Waals surface area (Å²) < 4.78 is 0. The fourth-order valence-corrected chi connectivity index (χ4v) is 3.42. The normalized spacial score (nSPS) is 13.5. The molecule has 0 radical (unpaired) electrons. The molecule has 2 aromatic rings. The zero-order chi connectivity index (χ0) is 15.2. The van der Waals surface area contributed by atoms with Crippen molar-refractivity contribution in [2.75, 3.05) is 7.05 Å². The Labute approximate surface area is 134 Å². The van der Waals surface area contributed by atoms with Crippen LogP contribution in [0.5, 0.6) is 0 Å². The Morgan fingerprint density at radius 2 is 2.14 bits per heavy atom. The molecular formula is C15H22N4S2. The van der Waals surface area contributed by atoms with Gasteiger partial charge in [0.1, 0.15) is 0 Å². The molecule has 114 valence electrons. The SMILES string of the molecule is CN=C(NCc1csc(C(C)C)n1)NC(C)c1cccs1. The van der Waals surface area contributed by atoms with E-state index in [1.807, 2.05) is 0 Å². The molecule has 1 atom stereocenters. The Kier molecular flexibility index (Phi) is 5.76. The Bertz CT molecular complexity index is 572. The van der Waals surface area contributed by atoms with Gasteiger partial charge in [-0.2, -0.15) is 0 Å². The van der Waals surface area contributed by atoms with E-state index >= 15 is 0 Å². The van der Waals surface area contributed by atoms with Crippen molar-refractivity contribution in [3.8, 4) is 0 Å². The van der Waals surface area contributed by atoms with Crippen LogP contribution in [0.2, 0.25) is 0 Å². The predicted molar refractivity (Wildman–Crippen MR) is 92.3 cm³/mol. The molecule has 2 rings (SSSR count). The number of rotatable bonds is 5. The number of nitrogens with one attached hydrogen (secondary N) is 2. The fourth-order valence-electron chi connectivity index (χ4n) is 1.85. The Morgan fingerprint density at radius 3 is 2.71 bits per heavy atom. The second kappa shape index (κ2) is 7.56. The second-order valence-electron chi connectivity index (χ2n) is 5.14. The molecule has 0 fully saturated rings. The summed E-state index contributed by atoms with van der Waals surface area (Å²) >= 11 is 3.47. The van der Waals surface area contributed by atoms with Crippen LogP contribution in [0.25, 0.3) is 0 Å². The molecular weight excluding hydrogens is 300 g/mol. The van der Waals surface area contributed by atoms with E-state index in [0.717, 1.165) is 11.7 Å². The highest BCUT2D eigenvalue weighted by atomic mass is 32.1. The highest BCUT2D eigenvalue weighted by Crippen LogP contribution is 2.19. The predicted octanol–water partition coefficient (Wildman–Crippen LogP) is 3.75. The minimum atomic E-state index is 0.248. The molecule has 0 aromatic carbocycles. The molecule has 0 aliphatic carbocycles. The summed E-state index contributed by atoms with van der Waals surface area (Å²) in [4.78, 5) is 10.2. The number of aromatic nitrogens is 1. The van der Waals surface area contributed by atoms with Gasteiger partial charge < -0.3 is 10.6 Å². The Balaban J connectivity index is 1.87. The first-order valence-corrected chi connectivity index (χ1v) is 8.81. The van der Waals surface area contributed by atoms with E-state index in [-0.39, 0.29) is 6.04 Å². The van der Waals surface area contributed by atoms with Gasteiger partial charge in [-0.15, -0.1) is 22.7 Å². The van der Waals surface area contributed by atoms with Crippen LogP contribution in [-0.4, -0.2) is 18.0 Å². The molecule has 6 heteroatoms. The lowest BCUT2D eigenvalue weighted by atomic mass is 10.2. The monoisotopic (exact) mass is 322 g/mol. The molecule has 0 aliphatic rings. The number of hydrogen-bond donors (Lipinski definition) is 2. The summed E-state index contributed by atoms with van der Waals surface area (Å²) in [5.41, 5.74) is 1.07. The van der Waals surface area contributed by atoms with Gasteiger partial charge in [-0.05, 0) is 18.4 Å². The van der Waals surface area contributed by atoms with Crippen LogP contribution >= 0.6 is 22.7 Å². The first-order chi connectivity index (χ1) is 10.1. The molecule has 0 aliphatic heterocycles. The Hall–Kier alpha value is -1.40. The number of guanidine groups is 1. The Morgan fingerprint density at radius 1 is 1.33 bits per heavy atom. The molecule has 0 spiro atoms. The van der Waals surface area contributed by atoms with Crippen molar-refractivity contribution >= 4 is 28.6 Å². The molecule has 21 heavy (non-hydrogen) atoms. The first-order valence-electron chi connectivity index (χ1n) is 7.05. The largest absolute Gasteiger partial charge is 0.351 e. The van der Waals surface area contributed by atoms with Crippen LogP contribution in [0.3, 0.4) is 0 Å². The third-order valence-corrected chi connectivity index (χ3v) is 5.30. The summed E-state index contributed by atoms with van der Waals surface area (Å²) in [6, 6.07) is 4.44. The van der Waals surface area contributed by atoms with E-state index in [4.69, 9.17) is 0 Å². The highest BCUT2D eigenvalue weighted by Gasteiger charge is 2.10. The highest BCUT2D eigenvalue weighted by molar-refractivity contribution is 7.10. The van der Waals surface area contributed by atoms with Crippen LogP contribution < -0.4 is 10.6 Å². The van der Waals surface area contributed by atoms with Crippen molar-refractivity contribution in [2.45, 2.75) is 39.3 Å². The molecule has 0 amide bonds. The molecule has 1 unspecified atom stereocenters. The van der Waals surface area contributed by atoms with Gasteiger partial charge in [-0.25, -0.2) is 4.98 Å². The molecule has 2 N–H and O–H groups in total. The number of thiophene rings is 1. The lowest BCUT2D eigenvalue weighted by molar-refractivity contribution is 0.693. The van der Waals surface area contributed by atoms with Gasteiger partial charge >= 0.3 is 0 Å². The van der Waals surface area contributed by atoms with Crippen molar-refractivity contribution in [1.82, 2.24) is 15.6 Å². The molecule has 2 aromatic heterocycles. The topological polar surface area (TPSA) is 49.3 Å². The number of nitrogens with zero attached hydrogens (tertiary/aromatic N) is 2. The van der Waals surface area contributed by atoms with Crippen LogP contribution in [0.15, 0.2) is 27.9 Å². The van der Waals surface area contributed by atoms with Gasteiger partial charge in [0.05, 0.1) is 23.3 Å². The molecule has 4 nitrogen and oxygen atoms in total. The van der Waals surface area contributed by atoms with Gasteiger partial charge in [0.15, 0.2) is 5.96 Å². The number of aliphatic imine (C=N–C) groups is 1. The van der Waals surface area contributed by atoms with Crippen LogP contribution in [0.1, 0.15) is 48.3 Å². The van der Waals surface area contributed by atoms with E-state index in [0.29, 0.717) is 12.5 Å². The average molecular weight is 323 g/mol. The van der Waals surface area contributed by atoms with Crippen LogP contribution in [0, 0.1) is 0 Å². The van der Waals surface area contributed by atoms with Gasteiger partial charge in [0, 0.05) is 23.2 Å². The average Bonchev–Trinajstić information content (AvgIpc) is 3.13. The third kappa shape index (κ3) is 4.54. The second-order valence-corrected chi connectivity index (χ2v) is 7.01. The van der Waals surface area contributed by atoms with Crippen molar-refractivity contribution < 1.29 is 0 Å². The number of hydrogen-bond acceptors (Lipinski definition) is 4. The van der Waals surface area contributed by atoms with E-state index < -0.39 is 0 Å². The zero-order valence-electron chi connectivity index (χ0n) is 12.9. The first kappa shape index (κ1) is 16.0. The minimum Gasteiger partial charge on any atom is -0.351 e. The lowest BCUT2D eigenvalue weighted by Crippen LogP contribution is -2.38. The summed E-state index contributed by atoms with van der Waals surface area (Å²) in [6.07, 6.45) is 0. The van der Waals surface area contributed by atoms with E-state index in [1.165, 1.54) is 9.88 Å². The third-order valence-electron chi connectivity index (χ3n) is 3.05. The van der Waals surface area contributed by atoms with Crippen molar-refractivity contribution in [1.29, 1.82) is 0 Å². The van der Waals surface area contributed by atoms with Crippen LogP contribution in [-0.2, 0) is 6.54 Å². The number of thiazole rings is 1. The maximum Gasteiger partial charge on any atom is 0.191 e. The summed E-state index contributed by atoms with van der Waals surface area (Å²) in [5.74, 6) is 1.29. The molecule has 0 bridgehead atoms. The van der Waals surface area contributed by atoms with Crippen molar-refractivity contribution in [3.05, 3.63) is 38.5 Å². The summed E-state index contributed by atoms with van der Waals surface area (Å²) in [5, 5.41) is 12.1. The maximum atomic E-state index is 4.62. The molecule has 2 heterocycles. The smallest absolute Gasteiger partial charge is 0.191 e. The molecule has 0 saturated carbocycles. The van der Waals surface area contributed by atoms with Gasteiger partial charge in [0.25, 0.3) is 0 Å². The van der Waals surface area contributed by atoms with Crippen molar-refractivity contribution in [2.24, 2.45) is 4.99 Å². The van der Waals surface area contributed by atoms with Gasteiger partial charge in [0.2, 0.25) is 0 Å². The summed E-state index contributed by atoms with van der Waals surface area (Å²) in [7, 11) is 1.79. The lowest BCUT2D eigenvalue weighted by Gasteiger charge is -2.16. The maximum absolute atomic E-state index is 4.62. The standard InChI is InChI=1S/C15H22N4S2/c1-10(2)14-19-12(9-21-14)8-17-15(16-4)18-11(3)13-6-5-7-20-13/h5-7,9-11H,8H2,1-4H3,(H2,16,17,18). The molecule has 0 saturated heterocycles. The van der Waals surface area contributed by atoms with Gasteiger partial charge in [-0.3, -0.25) is 4.99 Å². The summed E-state index contributed by atoms with van der Waals surface area (Å²) in [6.45, 7) is 7.16. The zero-order valence-corrected chi connectivity index (χ0v) is 14.5. The van der Waals surface area contributed by atoms with Gasteiger partial charge in [-0.1, -0.05) is 19.9 Å². The van der Waals surface area contributed by atoms with Crippen LogP contribution in [0.4, 0.5) is 0 Å². The van der Waals surface area contributed by atoms with E-state index in [1.54, 1.807) is 29.7 Å². The van der Waals surface area contributed by atoms with E-state index in [2.05, 4.69) is 64.3 Å².